The largest absolute Gasteiger partial charge is 0.456 e. The zero-order chi connectivity index (χ0) is 49.4. The number of hydrogen-bond donors (Lipinski definition) is 0. The number of furan rings is 2. The molecule has 0 saturated carbocycles. The molecule has 4 heterocycles. The van der Waals surface area contributed by atoms with Gasteiger partial charge < -0.3 is 13.4 Å². The molecule has 350 valence electrons. The van der Waals surface area contributed by atoms with E-state index in [1.54, 1.807) is 0 Å². The Morgan fingerprint density at radius 2 is 0.733 bits per heavy atom. The summed E-state index contributed by atoms with van der Waals surface area (Å²) >= 11 is 0. The summed E-state index contributed by atoms with van der Waals surface area (Å²) in [7, 11) is 0. The van der Waals surface area contributed by atoms with Gasteiger partial charge in [0.05, 0.1) is 16.6 Å². The highest BCUT2D eigenvalue weighted by Gasteiger charge is 2.20. The highest BCUT2D eigenvalue weighted by atomic mass is 16.3. The van der Waals surface area contributed by atoms with Gasteiger partial charge in [0.25, 0.3) is 0 Å². The molecule has 6 nitrogen and oxygen atoms in total. The Bertz CT molecular complexity index is 4690. The van der Waals surface area contributed by atoms with Crippen LogP contribution in [0.4, 0.5) is 0 Å². The second kappa shape index (κ2) is 17.3. The summed E-state index contributed by atoms with van der Waals surface area (Å²) in [5, 5.41) is 6.62. The maximum absolute atomic E-state index is 6.85. The van der Waals surface area contributed by atoms with Gasteiger partial charge in [0, 0.05) is 49.1 Å². The monoisotopic (exact) mass is 958 g/mol. The Labute approximate surface area is 431 Å². The number of benzene rings is 11. The van der Waals surface area contributed by atoms with E-state index in [-0.39, 0.29) is 0 Å². The average molecular weight is 959 g/mol. The highest BCUT2D eigenvalue weighted by Crippen LogP contribution is 2.41. The van der Waals surface area contributed by atoms with Gasteiger partial charge in [-0.1, -0.05) is 182 Å². The van der Waals surface area contributed by atoms with Gasteiger partial charge in [-0.3, -0.25) is 0 Å². The van der Waals surface area contributed by atoms with Crippen molar-refractivity contribution in [2.75, 3.05) is 0 Å². The van der Waals surface area contributed by atoms with E-state index in [1.165, 1.54) is 27.4 Å². The summed E-state index contributed by atoms with van der Waals surface area (Å²) in [6.45, 7) is 0. The molecule has 0 spiro atoms. The van der Waals surface area contributed by atoms with Crippen molar-refractivity contribution in [3.8, 4) is 84.4 Å². The number of rotatable bonds is 8. The Morgan fingerprint density at radius 1 is 0.253 bits per heavy atom. The number of fused-ring (bicyclic) bond motifs is 9. The van der Waals surface area contributed by atoms with Crippen molar-refractivity contribution in [3.05, 3.63) is 255 Å². The summed E-state index contributed by atoms with van der Waals surface area (Å²) in [4.78, 5) is 15.2. The Balaban J connectivity index is 0.782. The Morgan fingerprint density at radius 3 is 1.49 bits per heavy atom. The minimum absolute atomic E-state index is 0.548. The van der Waals surface area contributed by atoms with Gasteiger partial charge in [0.15, 0.2) is 17.5 Å². The van der Waals surface area contributed by atoms with E-state index in [2.05, 4.69) is 217 Å². The lowest BCUT2D eigenvalue weighted by atomic mass is 9.97. The third kappa shape index (κ3) is 7.30. The molecule has 0 aliphatic carbocycles. The minimum Gasteiger partial charge on any atom is -0.456 e. The molecule has 0 bridgehead atoms. The van der Waals surface area contributed by atoms with Crippen LogP contribution in [-0.2, 0) is 0 Å². The first-order valence-electron chi connectivity index (χ1n) is 25.2. The molecule has 0 amide bonds. The van der Waals surface area contributed by atoms with Crippen molar-refractivity contribution < 1.29 is 8.83 Å². The highest BCUT2D eigenvalue weighted by molar-refractivity contribution is 6.13. The SMILES string of the molecule is c1ccc(-c2ccc(-c3nc(-c4ccccc4)nc(-c4cccc5c4oc4cc(-c6cccc(-c7ccc8oc9ccc(-n%10c%11ccccc%11c%11cc(-c%12ccccc%12)ccc%11%10)cc9c8c7)c6)ccc45)n3)cc2)cc1. The number of aromatic nitrogens is 4. The molecule has 0 aliphatic heterocycles. The first-order valence-corrected chi connectivity index (χ1v) is 25.2. The molecule has 0 atom stereocenters. The Kier molecular flexibility index (Phi) is 9.78. The van der Waals surface area contributed by atoms with Crippen LogP contribution in [0.15, 0.2) is 264 Å². The number of para-hydroxylation sites is 2. The van der Waals surface area contributed by atoms with Crippen LogP contribution in [0.2, 0.25) is 0 Å². The second-order valence-corrected chi connectivity index (χ2v) is 19.1. The Hall–Kier alpha value is -10.2. The van der Waals surface area contributed by atoms with Gasteiger partial charge >= 0.3 is 0 Å². The maximum Gasteiger partial charge on any atom is 0.167 e. The van der Waals surface area contributed by atoms with E-state index in [9.17, 15) is 0 Å². The minimum atomic E-state index is 0.548. The van der Waals surface area contributed by atoms with E-state index in [4.69, 9.17) is 23.8 Å². The van der Waals surface area contributed by atoms with Crippen LogP contribution in [0, 0.1) is 0 Å². The second-order valence-electron chi connectivity index (χ2n) is 19.1. The summed E-state index contributed by atoms with van der Waals surface area (Å²) < 4.78 is 15.7. The molecule has 0 unspecified atom stereocenters. The summed E-state index contributed by atoms with van der Waals surface area (Å²) in [5.41, 5.74) is 18.3. The lowest BCUT2D eigenvalue weighted by Gasteiger charge is -2.09. The van der Waals surface area contributed by atoms with Crippen molar-refractivity contribution in [2.45, 2.75) is 0 Å². The molecule has 0 N–H and O–H groups in total. The molecule has 11 aromatic carbocycles. The predicted octanol–water partition coefficient (Wildman–Crippen LogP) is 18.4. The summed E-state index contributed by atoms with van der Waals surface area (Å²) in [6.07, 6.45) is 0. The first kappa shape index (κ1) is 42.5. The molecule has 75 heavy (non-hydrogen) atoms. The number of hydrogen-bond acceptors (Lipinski definition) is 5. The van der Waals surface area contributed by atoms with Gasteiger partial charge in [0.1, 0.15) is 22.3 Å². The molecule has 0 radical (unpaired) electrons. The van der Waals surface area contributed by atoms with E-state index in [1.807, 2.05) is 42.5 Å². The van der Waals surface area contributed by atoms with Crippen LogP contribution in [0.1, 0.15) is 0 Å². The fourth-order valence-corrected chi connectivity index (χ4v) is 11.0. The van der Waals surface area contributed by atoms with Crippen LogP contribution in [0.25, 0.3) is 150 Å². The van der Waals surface area contributed by atoms with Crippen molar-refractivity contribution in [2.24, 2.45) is 0 Å². The molecule has 15 rings (SSSR count). The fourth-order valence-electron chi connectivity index (χ4n) is 11.0. The van der Waals surface area contributed by atoms with Crippen molar-refractivity contribution in [1.29, 1.82) is 0 Å². The van der Waals surface area contributed by atoms with Gasteiger partial charge in [-0.15, -0.1) is 0 Å². The van der Waals surface area contributed by atoms with Crippen LogP contribution in [0.5, 0.6) is 0 Å². The zero-order valence-electron chi connectivity index (χ0n) is 40.4. The van der Waals surface area contributed by atoms with E-state index >= 15 is 0 Å². The quantitative estimate of drug-likeness (QED) is 0.152. The number of nitrogens with zero attached hydrogens (tertiary/aromatic N) is 4. The topological polar surface area (TPSA) is 69.9 Å². The normalized spacial score (nSPS) is 11.7. The third-order valence-electron chi connectivity index (χ3n) is 14.7. The molecular weight excluding hydrogens is 917 g/mol. The van der Waals surface area contributed by atoms with E-state index in [0.29, 0.717) is 17.5 Å². The van der Waals surface area contributed by atoms with Crippen LogP contribution >= 0.6 is 0 Å². The zero-order valence-corrected chi connectivity index (χ0v) is 40.4. The third-order valence-corrected chi connectivity index (χ3v) is 14.7. The van der Waals surface area contributed by atoms with Gasteiger partial charge in [-0.05, 0) is 117 Å². The van der Waals surface area contributed by atoms with E-state index in [0.717, 1.165) is 105 Å². The molecule has 0 aliphatic rings. The van der Waals surface area contributed by atoms with Gasteiger partial charge in [-0.25, -0.2) is 15.0 Å². The summed E-state index contributed by atoms with van der Waals surface area (Å²) in [6, 6.07) is 89.4. The average Bonchev–Trinajstić information content (AvgIpc) is 4.21. The molecular formula is C69H42N4O2. The van der Waals surface area contributed by atoms with Crippen LogP contribution in [-0.4, -0.2) is 19.5 Å². The van der Waals surface area contributed by atoms with E-state index < -0.39 is 0 Å². The fraction of sp³-hybridized carbons (Fsp3) is 0. The van der Waals surface area contributed by atoms with Crippen molar-refractivity contribution >= 4 is 65.7 Å². The standard InChI is InChI=1S/C69H42N4O2/c1-4-14-43(15-5-1)45-26-28-47(29-27-45)68-70-67(46-18-8-3-9-19-46)71-69(72-68)57-24-13-23-56-55-34-30-52(41-65(55)75-66(56)57)49-21-12-20-48(38-49)51-32-36-63-59(40-51)60-42-53(33-37-64(60)74-63)73-61-25-11-10-22-54(61)58-39-50(31-35-62(58)73)44-16-6-2-7-17-44/h1-42H. The van der Waals surface area contributed by atoms with Gasteiger partial charge in [-0.2, -0.15) is 0 Å². The lowest BCUT2D eigenvalue weighted by molar-refractivity contribution is 0.668. The van der Waals surface area contributed by atoms with Gasteiger partial charge in [0.2, 0.25) is 0 Å². The molecule has 15 aromatic rings. The summed E-state index contributed by atoms with van der Waals surface area (Å²) in [5.74, 6) is 1.74. The van der Waals surface area contributed by atoms with Crippen molar-refractivity contribution in [1.82, 2.24) is 19.5 Å². The first-order chi connectivity index (χ1) is 37.1. The molecule has 4 aromatic heterocycles. The van der Waals surface area contributed by atoms with Crippen LogP contribution in [0.3, 0.4) is 0 Å². The molecule has 0 fully saturated rings. The van der Waals surface area contributed by atoms with Crippen molar-refractivity contribution in [3.63, 3.8) is 0 Å². The predicted molar refractivity (Wildman–Crippen MR) is 307 cm³/mol. The van der Waals surface area contributed by atoms with Crippen LogP contribution < -0.4 is 0 Å². The smallest absolute Gasteiger partial charge is 0.167 e. The molecule has 6 heteroatoms. The maximum atomic E-state index is 6.85. The molecule has 0 saturated heterocycles. The lowest BCUT2D eigenvalue weighted by Crippen LogP contribution is -2.00.